The highest BCUT2D eigenvalue weighted by Gasteiger charge is 2.49. The number of para-hydroxylation sites is 5. The Labute approximate surface area is 410 Å². The zero-order valence-corrected chi connectivity index (χ0v) is 40.2. The van der Waals surface area contributed by atoms with Gasteiger partial charge in [0.2, 0.25) is 7.29 Å². The Morgan fingerprint density at radius 1 is 0.329 bits per heavy atom. The first-order valence-corrected chi connectivity index (χ1v) is 27.2. The Kier molecular flexibility index (Phi) is 11.3. The van der Waals surface area contributed by atoms with Crippen LogP contribution in [-0.4, -0.2) is 0 Å². The lowest BCUT2D eigenvalue weighted by Gasteiger charge is -2.38. The molecule has 70 heavy (non-hydrogen) atoms. The van der Waals surface area contributed by atoms with E-state index in [0.29, 0.717) is 5.30 Å². The van der Waals surface area contributed by atoms with E-state index in [-0.39, 0.29) is 5.66 Å². The minimum atomic E-state index is -3.63. The molecule has 0 saturated carbocycles. The molecule has 2 aliphatic rings. The molecule has 0 N–H and O–H groups in total. The van der Waals surface area contributed by atoms with Crippen LogP contribution < -0.4 is 24.6 Å². The zero-order chi connectivity index (χ0) is 47.1. The second kappa shape index (κ2) is 18.2. The average Bonchev–Trinajstić information content (AvgIpc) is 3.62. The van der Waals surface area contributed by atoms with Crippen molar-refractivity contribution in [3.8, 4) is 33.4 Å². The first-order valence-electron chi connectivity index (χ1n) is 23.9. The van der Waals surface area contributed by atoms with Crippen LogP contribution in [-0.2, 0) is 15.6 Å². The van der Waals surface area contributed by atoms with E-state index in [2.05, 4.69) is 173 Å². The SMILES string of the molecule is O=P1(c2ccc(-c3ccc(P4(=O)N(c5ccccc5)c5ccccc5N4c4cccc(-c5ccccc5)c4)cc3)cc2)C(c2cccc(-c3ccccc3)c2)CCc2ccccc2N1c1ccccc1. The van der Waals surface area contributed by atoms with Crippen molar-refractivity contribution >= 4 is 59.5 Å². The van der Waals surface area contributed by atoms with Crippen molar-refractivity contribution in [2.75, 3.05) is 14.0 Å². The van der Waals surface area contributed by atoms with Crippen LogP contribution in [0.2, 0.25) is 0 Å². The molecule has 10 aromatic carbocycles. The smallest absolute Gasteiger partial charge is 0.294 e. The first-order chi connectivity index (χ1) is 34.5. The van der Waals surface area contributed by atoms with Crippen molar-refractivity contribution in [3.05, 3.63) is 278 Å². The van der Waals surface area contributed by atoms with Gasteiger partial charge in [-0.1, -0.05) is 188 Å². The Balaban J connectivity index is 0.959. The standard InChI is InChI=1S/C63H49N3O2P2/c67-69(63(54-26-17-24-52(45-54)47-19-5-1-6-20-47)44-39-51-23-13-14-32-60(51)64(69)55-27-9-3-10-28-55)58-40-35-49(36-41-58)50-37-42-59(43-38-50)70(68)65(56-29-11-4-12-30-56)61-33-15-16-34-62(61)66(70)57-31-18-25-53(46-57)48-21-7-2-8-22-48/h1-38,40-43,45-46,63H,39,44H2. The van der Waals surface area contributed by atoms with Crippen molar-refractivity contribution in [2.24, 2.45) is 0 Å². The number of hydrogen-bond donors (Lipinski definition) is 0. The second-order valence-electron chi connectivity index (χ2n) is 17.9. The Morgan fingerprint density at radius 2 is 0.743 bits per heavy atom. The van der Waals surface area contributed by atoms with Gasteiger partial charge in [-0.15, -0.1) is 0 Å². The summed E-state index contributed by atoms with van der Waals surface area (Å²) in [6.45, 7) is 0. The maximum atomic E-state index is 17.0. The first kappa shape index (κ1) is 43.3. The van der Waals surface area contributed by atoms with Crippen LogP contribution in [0.25, 0.3) is 33.4 Å². The molecule has 7 heteroatoms. The molecule has 2 aliphatic heterocycles. The van der Waals surface area contributed by atoms with Gasteiger partial charge in [-0.2, -0.15) is 0 Å². The molecule has 0 fully saturated rings. The van der Waals surface area contributed by atoms with E-state index in [9.17, 15) is 0 Å². The van der Waals surface area contributed by atoms with E-state index in [1.54, 1.807) is 0 Å². The fraction of sp³-hybridized carbons (Fsp3) is 0.0476. The van der Waals surface area contributed by atoms with Crippen LogP contribution in [0.5, 0.6) is 0 Å². The number of anilines is 6. The molecule has 0 radical (unpaired) electrons. The number of nitrogens with zero attached hydrogens (tertiary/aromatic N) is 3. The zero-order valence-electron chi connectivity index (χ0n) is 38.4. The molecular weight excluding hydrogens is 893 g/mol. The van der Waals surface area contributed by atoms with Gasteiger partial charge in [-0.3, -0.25) is 23.1 Å². The number of rotatable bonds is 9. The molecule has 10 aromatic rings. The fourth-order valence-corrected chi connectivity index (χ4v) is 17.0. The van der Waals surface area contributed by atoms with Crippen LogP contribution in [0.4, 0.5) is 34.1 Å². The summed E-state index contributed by atoms with van der Waals surface area (Å²) in [4.78, 5) is 0. The molecule has 3 unspecified atom stereocenters. The number of aryl methyl sites for hydroxylation is 1. The largest absolute Gasteiger partial charge is 0.301 e. The van der Waals surface area contributed by atoms with Gasteiger partial charge in [0.1, 0.15) is 0 Å². The van der Waals surface area contributed by atoms with E-state index in [0.717, 1.165) is 91.2 Å². The van der Waals surface area contributed by atoms with E-state index in [1.165, 1.54) is 5.56 Å². The third kappa shape index (κ3) is 7.51. The van der Waals surface area contributed by atoms with Gasteiger partial charge in [-0.05, 0) is 136 Å². The summed E-state index contributed by atoms with van der Waals surface area (Å²) < 4.78 is 39.8. The molecule has 0 aromatic heterocycles. The van der Waals surface area contributed by atoms with Gasteiger partial charge in [-0.25, -0.2) is 0 Å². The Hall–Kier alpha value is -7.94. The highest BCUT2D eigenvalue weighted by molar-refractivity contribution is 7.76. The summed E-state index contributed by atoms with van der Waals surface area (Å²) >= 11 is 0. The van der Waals surface area contributed by atoms with Crippen LogP contribution in [0.15, 0.2) is 267 Å². The lowest BCUT2D eigenvalue weighted by molar-refractivity contribution is 0.569. The molecule has 0 spiro atoms. The second-order valence-corrected chi connectivity index (χ2v) is 23.1. The molecule has 5 nitrogen and oxygen atoms in total. The monoisotopic (exact) mass is 941 g/mol. The predicted molar refractivity (Wildman–Crippen MR) is 293 cm³/mol. The molecular formula is C63H49N3O2P2. The number of hydrogen-bond acceptors (Lipinski definition) is 2. The predicted octanol–water partition coefficient (Wildman–Crippen LogP) is 16.9. The maximum absolute atomic E-state index is 17.0. The van der Waals surface area contributed by atoms with Crippen molar-refractivity contribution in [2.45, 2.75) is 18.5 Å². The summed E-state index contributed by atoms with van der Waals surface area (Å²) in [6.07, 6.45) is 1.51. The summed E-state index contributed by atoms with van der Waals surface area (Å²) in [5.41, 5.74) is 13.6. The third-order valence-electron chi connectivity index (χ3n) is 13.9. The third-order valence-corrected chi connectivity index (χ3v) is 20.3. The average molecular weight is 942 g/mol. The van der Waals surface area contributed by atoms with Crippen molar-refractivity contribution in [1.29, 1.82) is 0 Å². The molecule has 0 amide bonds. The Morgan fingerprint density at radius 3 is 1.33 bits per heavy atom. The van der Waals surface area contributed by atoms with Crippen LogP contribution >= 0.6 is 14.7 Å². The molecule has 0 aliphatic carbocycles. The van der Waals surface area contributed by atoms with Gasteiger partial charge in [0.15, 0.2) is 0 Å². The van der Waals surface area contributed by atoms with Crippen molar-refractivity contribution in [1.82, 2.24) is 0 Å². The van der Waals surface area contributed by atoms with Crippen LogP contribution in [0.1, 0.15) is 23.2 Å². The fourth-order valence-electron chi connectivity index (χ4n) is 10.6. The van der Waals surface area contributed by atoms with Gasteiger partial charge < -0.3 is 0 Å². The maximum Gasteiger partial charge on any atom is 0.301 e. The Bertz CT molecular complexity index is 3570. The highest BCUT2D eigenvalue weighted by atomic mass is 31.2. The highest BCUT2D eigenvalue weighted by Crippen LogP contribution is 2.71. The molecule has 3 atom stereocenters. The minimum absolute atomic E-state index is 0.300. The van der Waals surface area contributed by atoms with Crippen LogP contribution in [0, 0.1) is 0 Å². The van der Waals surface area contributed by atoms with Crippen molar-refractivity contribution in [3.63, 3.8) is 0 Å². The van der Waals surface area contributed by atoms with Gasteiger partial charge in [0.25, 0.3) is 0 Å². The molecule has 12 rings (SSSR count). The van der Waals surface area contributed by atoms with E-state index in [1.807, 2.05) is 108 Å². The van der Waals surface area contributed by atoms with E-state index in [4.69, 9.17) is 0 Å². The lowest BCUT2D eigenvalue weighted by Crippen LogP contribution is -2.26. The number of fused-ring (bicyclic) bond motifs is 2. The summed E-state index contributed by atoms with van der Waals surface area (Å²) in [5.74, 6) is 0. The van der Waals surface area contributed by atoms with Gasteiger partial charge in [0.05, 0.1) is 33.7 Å². The summed E-state index contributed by atoms with van der Waals surface area (Å²) in [5, 5.41) is 1.50. The van der Waals surface area contributed by atoms with E-state index >= 15 is 9.13 Å². The normalized spacial score (nSPS) is 18.5. The van der Waals surface area contributed by atoms with E-state index < -0.39 is 14.7 Å². The lowest BCUT2D eigenvalue weighted by atomic mass is 9.98. The van der Waals surface area contributed by atoms with Gasteiger partial charge >= 0.3 is 7.44 Å². The quantitative estimate of drug-likeness (QED) is 0.135. The topological polar surface area (TPSA) is 43.9 Å². The van der Waals surface area contributed by atoms with Crippen molar-refractivity contribution < 1.29 is 9.13 Å². The molecule has 0 saturated heterocycles. The molecule has 338 valence electrons. The minimum Gasteiger partial charge on any atom is -0.294 e. The van der Waals surface area contributed by atoms with Gasteiger partial charge in [0, 0.05) is 16.7 Å². The summed E-state index contributed by atoms with van der Waals surface area (Å²) in [7, 11) is -7.13. The molecule has 0 bridgehead atoms. The number of benzene rings is 10. The summed E-state index contributed by atoms with van der Waals surface area (Å²) in [6, 6.07) is 91.3. The van der Waals surface area contributed by atoms with Crippen LogP contribution in [0.3, 0.4) is 0 Å². The molecule has 2 heterocycles.